The number of benzene rings is 2. The van der Waals surface area contributed by atoms with Crippen molar-refractivity contribution in [3.05, 3.63) is 53.6 Å². The molecule has 0 saturated heterocycles. The molecule has 2 unspecified atom stereocenters. The smallest absolute Gasteiger partial charge is 0.306 e. The lowest BCUT2D eigenvalue weighted by molar-refractivity contribution is -0.151. The first-order valence-electron chi connectivity index (χ1n) is 9.02. The summed E-state index contributed by atoms with van der Waals surface area (Å²) in [5.74, 6) is -1.60. The Morgan fingerprint density at radius 3 is 2.59 bits per heavy atom. The molecule has 0 aromatic heterocycles. The van der Waals surface area contributed by atoms with Gasteiger partial charge in [0.05, 0.1) is 0 Å². The van der Waals surface area contributed by atoms with Gasteiger partial charge in [-0.2, -0.15) is 0 Å². The van der Waals surface area contributed by atoms with E-state index >= 15 is 0 Å². The molecule has 2 aromatic rings. The highest BCUT2D eigenvalue weighted by atomic mass is 16.6. The molecule has 6 nitrogen and oxygen atoms in total. The maximum absolute atomic E-state index is 13.0. The minimum atomic E-state index is -1.20. The summed E-state index contributed by atoms with van der Waals surface area (Å²) in [7, 11) is 0. The zero-order valence-corrected chi connectivity index (χ0v) is 15.1. The molecule has 0 saturated carbocycles. The van der Waals surface area contributed by atoms with Crippen LogP contribution in [0.4, 0.5) is 0 Å². The van der Waals surface area contributed by atoms with Gasteiger partial charge < -0.3 is 19.7 Å². The van der Waals surface area contributed by atoms with Gasteiger partial charge in [-0.05, 0) is 12.0 Å². The van der Waals surface area contributed by atoms with Gasteiger partial charge in [0.25, 0.3) is 0 Å². The van der Waals surface area contributed by atoms with E-state index in [9.17, 15) is 19.8 Å². The molecule has 0 bridgehead atoms. The Balaban J connectivity index is 1.94. The average molecular weight is 370 g/mol. The molecule has 0 radical (unpaired) electrons. The van der Waals surface area contributed by atoms with E-state index in [1.165, 1.54) is 6.07 Å². The van der Waals surface area contributed by atoms with Crippen molar-refractivity contribution >= 4 is 11.8 Å². The van der Waals surface area contributed by atoms with Gasteiger partial charge in [0, 0.05) is 18.6 Å². The summed E-state index contributed by atoms with van der Waals surface area (Å²) in [6.45, 7) is 2.03. The zero-order chi connectivity index (χ0) is 19.4. The number of carbonyl (C=O) groups is 2. The van der Waals surface area contributed by atoms with E-state index in [1.807, 2.05) is 13.0 Å². The standard InChI is InChI=1S/C21H22O6/c1-2-3-5-10-17(24)27-21-19(25)18-15(23)11-14(22)12-16(18)26-20(21)13-8-6-4-7-9-13/h4,6-9,11-12,20-23H,2-3,5,10H2,1H3. The summed E-state index contributed by atoms with van der Waals surface area (Å²) < 4.78 is 11.3. The van der Waals surface area contributed by atoms with Crippen molar-refractivity contribution < 1.29 is 29.3 Å². The van der Waals surface area contributed by atoms with Crippen LogP contribution in [-0.2, 0) is 9.53 Å². The Hall–Kier alpha value is -3.02. The van der Waals surface area contributed by atoms with Crippen molar-refractivity contribution in [1.82, 2.24) is 0 Å². The van der Waals surface area contributed by atoms with E-state index in [0.29, 0.717) is 12.0 Å². The van der Waals surface area contributed by atoms with Crippen LogP contribution < -0.4 is 4.74 Å². The fourth-order valence-corrected chi connectivity index (χ4v) is 3.13. The normalized spacial score (nSPS) is 18.5. The van der Waals surface area contributed by atoms with E-state index in [2.05, 4.69) is 0 Å². The van der Waals surface area contributed by atoms with E-state index in [4.69, 9.17) is 9.47 Å². The number of aromatic hydroxyl groups is 2. The molecule has 2 atom stereocenters. The second-order valence-electron chi connectivity index (χ2n) is 6.52. The van der Waals surface area contributed by atoms with Crippen LogP contribution in [0, 0.1) is 0 Å². The third-order valence-electron chi connectivity index (χ3n) is 4.47. The van der Waals surface area contributed by atoms with E-state index < -0.39 is 29.7 Å². The number of Topliss-reactive ketones (excluding diaryl/α,β-unsaturated/α-hetero) is 1. The lowest BCUT2D eigenvalue weighted by Gasteiger charge is -2.32. The molecule has 6 heteroatoms. The molecule has 142 valence electrons. The van der Waals surface area contributed by atoms with Crippen LogP contribution in [0.1, 0.15) is 54.6 Å². The summed E-state index contributed by atoms with van der Waals surface area (Å²) in [5, 5.41) is 19.8. The largest absolute Gasteiger partial charge is 0.508 e. The number of fused-ring (bicyclic) bond motifs is 1. The van der Waals surface area contributed by atoms with Gasteiger partial charge in [0.2, 0.25) is 11.9 Å². The Morgan fingerprint density at radius 1 is 1.15 bits per heavy atom. The van der Waals surface area contributed by atoms with Crippen molar-refractivity contribution in [2.75, 3.05) is 0 Å². The quantitative estimate of drug-likeness (QED) is 0.592. The molecule has 0 spiro atoms. The number of unbranched alkanes of at least 4 members (excludes halogenated alkanes) is 2. The predicted octanol–water partition coefficient (Wildman–Crippen LogP) is 3.91. The van der Waals surface area contributed by atoms with Crippen LogP contribution in [0.3, 0.4) is 0 Å². The Kier molecular flexibility index (Phi) is 5.64. The molecule has 1 aliphatic heterocycles. The second-order valence-corrected chi connectivity index (χ2v) is 6.52. The zero-order valence-electron chi connectivity index (χ0n) is 15.1. The van der Waals surface area contributed by atoms with Gasteiger partial charge in [-0.3, -0.25) is 9.59 Å². The fourth-order valence-electron chi connectivity index (χ4n) is 3.13. The van der Waals surface area contributed by atoms with Crippen LogP contribution >= 0.6 is 0 Å². The minimum Gasteiger partial charge on any atom is -0.508 e. The van der Waals surface area contributed by atoms with Crippen molar-refractivity contribution in [3.8, 4) is 17.2 Å². The van der Waals surface area contributed by atoms with Crippen molar-refractivity contribution in [1.29, 1.82) is 0 Å². The number of phenolic OH excluding ortho intramolecular Hbond substituents is 2. The maximum atomic E-state index is 13.0. The van der Waals surface area contributed by atoms with Gasteiger partial charge in [-0.1, -0.05) is 50.1 Å². The highest BCUT2D eigenvalue weighted by molar-refractivity contribution is 6.06. The Labute approximate surface area is 157 Å². The fraction of sp³-hybridized carbons (Fsp3) is 0.333. The number of carbonyl (C=O) groups excluding carboxylic acids is 2. The molecule has 2 aromatic carbocycles. The summed E-state index contributed by atoms with van der Waals surface area (Å²) in [4.78, 5) is 25.2. The van der Waals surface area contributed by atoms with Crippen LogP contribution in [0.25, 0.3) is 0 Å². The second kappa shape index (κ2) is 8.12. The van der Waals surface area contributed by atoms with Gasteiger partial charge in [-0.15, -0.1) is 0 Å². The van der Waals surface area contributed by atoms with Gasteiger partial charge in [0.1, 0.15) is 22.8 Å². The van der Waals surface area contributed by atoms with Crippen molar-refractivity contribution in [3.63, 3.8) is 0 Å². The lowest BCUT2D eigenvalue weighted by Crippen LogP contribution is -2.40. The number of phenols is 2. The molecule has 0 amide bonds. The summed E-state index contributed by atoms with van der Waals surface area (Å²) >= 11 is 0. The molecule has 1 aliphatic rings. The number of esters is 1. The van der Waals surface area contributed by atoms with Crippen molar-refractivity contribution in [2.24, 2.45) is 0 Å². The molecule has 3 rings (SSSR count). The summed E-state index contributed by atoms with van der Waals surface area (Å²) in [6.07, 6.45) is 0.703. The predicted molar refractivity (Wildman–Crippen MR) is 97.9 cm³/mol. The Bertz CT molecular complexity index is 830. The number of ketones is 1. The monoisotopic (exact) mass is 370 g/mol. The molecule has 1 heterocycles. The number of hydrogen-bond acceptors (Lipinski definition) is 6. The number of ether oxygens (including phenoxy) is 2. The van der Waals surface area contributed by atoms with E-state index in [0.717, 1.165) is 18.9 Å². The topological polar surface area (TPSA) is 93.1 Å². The molecule has 2 N–H and O–H groups in total. The third kappa shape index (κ3) is 4.05. The highest BCUT2D eigenvalue weighted by Gasteiger charge is 2.42. The number of rotatable bonds is 6. The highest BCUT2D eigenvalue weighted by Crippen LogP contribution is 2.42. The molecular weight excluding hydrogens is 348 g/mol. The molecule has 27 heavy (non-hydrogen) atoms. The SMILES string of the molecule is CCCCCC(=O)OC1C(=O)c2c(O)cc(O)cc2OC1c1ccccc1. The van der Waals surface area contributed by atoms with E-state index in [1.54, 1.807) is 24.3 Å². The van der Waals surface area contributed by atoms with Crippen LogP contribution in [0.15, 0.2) is 42.5 Å². The van der Waals surface area contributed by atoms with Gasteiger partial charge in [-0.25, -0.2) is 0 Å². The first-order valence-corrected chi connectivity index (χ1v) is 9.02. The maximum Gasteiger partial charge on any atom is 0.306 e. The Morgan fingerprint density at radius 2 is 1.89 bits per heavy atom. The molecule has 0 aliphatic carbocycles. The van der Waals surface area contributed by atoms with Crippen LogP contribution in [0.2, 0.25) is 0 Å². The van der Waals surface area contributed by atoms with E-state index in [-0.39, 0.29) is 23.5 Å². The first-order chi connectivity index (χ1) is 13.0. The van der Waals surface area contributed by atoms with Gasteiger partial charge in [0.15, 0.2) is 6.10 Å². The number of hydrogen-bond donors (Lipinski definition) is 2. The summed E-state index contributed by atoms with van der Waals surface area (Å²) in [6, 6.07) is 11.3. The molecular formula is C21H22O6. The van der Waals surface area contributed by atoms with Crippen LogP contribution in [0.5, 0.6) is 17.2 Å². The average Bonchev–Trinajstić information content (AvgIpc) is 2.64. The minimum absolute atomic E-state index is 0.0598. The summed E-state index contributed by atoms with van der Waals surface area (Å²) in [5.41, 5.74) is 0.567. The van der Waals surface area contributed by atoms with Crippen LogP contribution in [-0.4, -0.2) is 28.1 Å². The lowest BCUT2D eigenvalue weighted by atomic mass is 9.92. The first kappa shape index (κ1) is 18.8. The third-order valence-corrected chi connectivity index (χ3v) is 4.47. The molecule has 0 fully saturated rings. The van der Waals surface area contributed by atoms with Gasteiger partial charge >= 0.3 is 5.97 Å². The van der Waals surface area contributed by atoms with Crippen molar-refractivity contribution in [2.45, 2.75) is 44.8 Å².